The lowest BCUT2D eigenvalue weighted by Crippen LogP contribution is -2.56. The summed E-state index contributed by atoms with van der Waals surface area (Å²) >= 11 is 0. The Hall–Kier alpha value is -3.19. The summed E-state index contributed by atoms with van der Waals surface area (Å²) in [6, 6.07) is 15.6. The minimum absolute atomic E-state index is 0.247. The van der Waals surface area contributed by atoms with Crippen molar-refractivity contribution in [1.82, 2.24) is 10.2 Å². The fourth-order valence-electron chi connectivity index (χ4n) is 4.29. The molecule has 182 valence electrons. The quantitative estimate of drug-likeness (QED) is 0.542. The molecule has 0 radical (unpaired) electrons. The molecule has 7 heteroatoms. The lowest BCUT2D eigenvalue weighted by atomic mass is 9.93. The number of aryl methyl sites for hydroxylation is 1. The number of rotatable bonds is 10. The number of nitrogens with one attached hydrogen (secondary N) is 1. The van der Waals surface area contributed by atoms with Gasteiger partial charge in [-0.2, -0.15) is 0 Å². The summed E-state index contributed by atoms with van der Waals surface area (Å²) in [5.41, 5.74) is 3.15. The van der Waals surface area contributed by atoms with Crippen LogP contribution in [0.1, 0.15) is 43.9 Å². The predicted octanol–water partition coefficient (Wildman–Crippen LogP) is 3.05. The Morgan fingerprint density at radius 2 is 1.62 bits per heavy atom. The topological polar surface area (TPSA) is 84.9 Å². The van der Waals surface area contributed by atoms with E-state index in [1.54, 1.807) is 25.7 Å². The zero-order valence-corrected chi connectivity index (χ0v) is 20.2. The monoisotopic (exact) mass is 466 g/mol. The van der Waals surface area contributed by atoms with Crippen molar-refractivity contribution in [3.05, 3.63) is 71.3 Å². The van der Waals surface area contributed by atoms with Gasteiger partial charge in [0.25, 0.3) is 0 Å². The number of esters is 2. The third kappa shape index (κ3) is 6.44. The largest absolute Gasteiger partial charge is 0.465 e. The number of benzene rings is 2. The number of ether oxygens (including phenoxy) is 2. The van der Waals surface area contributed by atoms with Crippen LogP contribution in [0.25, 0.3) is 0 Å². The van der Waals surface area contributed by atoms with Gasteiger partial charge in [-0.05, 0) is 50.3 Å². The molecular weight excluding hydrogens is 432 g/mol. The van der Waals surface area contributed by atoms with E-state index < -0.39 is 24.1 Å². The van der Waals surface area contributed by atoms with Gasteiger partial charge in [-0.15, -0.1) is 0 Å². The molecule has 0 aromatic heterocycles. The lowest BCUT2D eigenvalue weighted by Gasteiger charge is -2.37. The maximum atomic E-state index is 13.5. The molecule has 1 N–H and O–H groups in total. The van der Waals surface area contributed by atoms with Crippen LogP contribution in [0.5, 0.6) is 0 Å². The lowest BCUT2D eigenvalue weighted by molar-refractivity contribution is -0.157. The number of hydrogen-bond donors (Lipinski definition) is 1. The van der Waals surface area contributed by atoms with Crippen molar-refractivity contribution >= 4 is 17.8 Å². The van der Waals surface area contributed by atoms with E-state index >= 15 is 0 Å². The second-order valence-corrected chi connectivity index (χ2v) is 8.42. The van der Waals surface area contributed by atoms with E-state index in [2.05, 4.69) is 5.32 Å². The normalized spacial score (nSPS) is 16.8. The second kappa shape index (κ2) is 12.3. The zero-order valence-electron chi connectivity index (χ0n) is 20.2. The molecule has 1 heterocycles. The summed E-state index contributed by atoms with van der Waals surface area (Å²) < 4.78 is 10.5. The summed E-state index contributed by atoms with van der Waals surface area (Å²) in [6.45, 7) is 6.06. The van der Waals surface area contributed by atoms with Crippen LogP contribution < -0.4 is 5.32 Å². The van der Waals surface area contributed by atoms with E-state index in [9.17, 15) is 14.4 Å². The zero-order chi connectivity index (χ0) is 24.5. The van der Waals surface area contributed by atoms with E-state index in [-0.39, 0.29) is 25.1 Å². The Morgan fingerprint density at radius 1 is 0.971 bits per heavy atom. The van der Waals surface area contributed by atoms with Crippen LogP contribution in [0.4, 0.5) is 0 Å². The van der Waals surface area contributed by atoms with Gasteiger partial charge in [0.1, 0.15) is 12.1 Å². The van der Waals surface area contributed by atoms with E-state index in [1.807, 2.05) is 54.6 Å². The molecule has 1 aliphatic rings. The molecule has 2 aromatic rings. The predicted molar refractivity (Wildman–Crippen MR) is 129 cm³/mol. The van der Waals surface area contributed by atoms with Gasteiger partial charge >= 0.3 is 11.9 Å². The highest BCUT2D eigenvalue weighted by atomic mass is 16.5. The minimum atomic E-state index is -0.697. The molecular formula is C27H34N2O5. The Morgan fingerprint density at radius 3 is 2.29 bits per heavy atom. The Kier molecular flexibility index (Phi) is 9.22. The number of nitrogens with zero attached hydrogens (tertiary/aromatic N) is 1. The van der Waals surface area contributed by atoms with Crippen LogP contribution in [-0.4, -0.2) is 54.1 Å². The van der Waals surface area contributed by atoms with Gasteiger partial charge in [0.05, 0.1) is 19.3 Å². The first-order chi connectivity index (χ1) is 16.4. The molecule has 0 aliphatic carbocycles. The Balaban J connectivity index is 1.75. The highest BCUT2D eigenvalue weighted by Gasteiger charge is 2.38. The van der Waals surface area contributed by atoms with Gasteiger partial charge in [0.15, 0.2) is 0 Å². The van der Waals surface area contributed by atoms with Crippen LogP contribution in [0.3, 0.4) is 0 Å². The van der Waals surface area contributed by atoms with Crippen molar-refractivity contribution in [2.75, 3.05) is 13.2 Å². The summed E-state index contributed by atoms with van der Waals surface area (Å²) in [5, 5.41) is 3.17. The summed E-state index contributed by atoms with van der Waals surface area (Å²) in [5.74, 6) is -1.05. The van der Waals surface area contributed by atoms with Gasteiger partial charge in [-0.1, -0.05) is 54.6 Å². The van der Waals surface area contributed by atoms with Crippen molar-refractivity contribution in [3.63, 3.8) is 0 Å². The molecule has 0 fully saturated rings. The first kappa shape index (κ1) is 25.4. The van der Waals surface area contributed by atoms with Crippen molar-refractivity contribution in [1.29, 1.82) is 0 Å². The fourth-order valence-corrected chi connectivity index (χ4v) is 4.29. The molecule has 1 amide bonds. The summed E-state index contributed by atoms with van der Waals surface area (Å²) in [4.78, 5) is 40.4. The highest BCUT2D eigenvalue weighted by Crippen LogP contribution is 2.25. The molecule has 0 spiro atoms. The molecule has 1 unspecified atom stereocenters. The van der Waals surface area contributed by atoms with E-state index in [4.69, 9.17) is 9.47 Å². The van der Waals surface area contributed by atoms with Crippen LogP contribution in [0.15, 0.2) is 54.6 Å². The SMILES string of the molecule is CCOC(=O)C(CCc1ccccc1)N[C@@H](C)C(=O)N1Cc2ccccc2C[C@H]1C(=O)OCC. The molecule has 3 rings (SSSR count). The fraction of sp³-hybridized carbons (Fsp3) is 0.444. The van der Waals surface area contributed by atoms with Gasteiger partial charge in [0.2, 0.25) is 5.91 Å². The van der Waals surface area contributed by atoms with Crippen molar-refractivity contribution in [2.45, 2.75) is 64.7 Å². The molecule has 0 saturated heterocycles. The average molecular weight is 467 g/mol. The first-order valence-corrected chi connectivity index (χ1v) is 11.9. The highest BCUT2D eigenvalue weighted by molar-refractivity contribution is 5.88. The van der Waals surface area contributed by atoms with Gasteiger partial charge in [0, 0.05) is 13.0 Å². The van der Waals surface area contributed by atoms with E-state index in [0.717, 1.165) is 16.7 Å². The molecule has 3 atom stereocenters. The van der Waals surface area contributed by atoms with Crippen LogP contribution in [0.2, 0.25) is 0 Å². The summed E-state index contributed by atoms with van der Waals surface area (Å²) in [6.07, 6.45) is 1.56. The van der Waals surface area contributed by atoms with Crippen LogP contribution in [0, 0.1) is 0 Å². The van der Waals surface area contributed by atoms with Crippen LogP contribution >= 0.6 is 0 Å². The van der Waals surface area contributed by atoms with E-state index in [1.165, 1.54) is 0 Å². The maximum Gasteiger partial charge on any atom is 0.329 e. The Labute approximate surface area is 201 Å². The van der Waals surface area contributed by atoms with E-state index in [0.29, 0.717) is 25.8 Å². The van der Waals surface area contributed by atoms with Crippen LogP contribution in [-0.2, 0) is 43.2 Å². The first-order valence-electron chi connectivity index (χ1n) is 11.9. The molecule has 0 bridgehead atoms. The Bertz CT molecular complexity index is 978. The number of amides is 1. The molecule has 1 aliphatic heterocycles. The van der Waals surface area contributed by atoms with Crippen molar-refractivity contribution in [2.24, 2.45) is 0 Å². The van der Waals surface area contributed by atoms with Crippen molar-refractivity contribution < 1.29 is 23.9 Å². The number of carbonyl (C=O) groups is 3. The molecule has 34 heavy (non-hydrogen) atoms. The minimum Gasteiger partial charge on any atom is -0.465 e. The third-order valence-electron chi connectivity index (χ3n) is 6.05. The standard InChI is InChI=1S/C27H34N2O5/c1-4-33-26(31)23(16-15-20-11-7-6-8-12-20)28-19(3)25(30)29-18-22-14-10-9-13-21(22)17-24(29)27(32)34-5-2/h6-14,19,23-24,28H,4-5,15-18H2,1-3H3/t19-,23?,24-/m0/s1. The molecule has 2 aromatic carbocycles. The average Bonchev–Trinajstić information content (AvgIpc) is 2.86. The van der Waals surface area contributed by atoms with Crippen molar-refractivity contribution in [3.8, 4) is 0 Å². The summed E-state index contributed by atoms with van der Waals surface area (Å²) in [7, 11) is 0. The number of fused-ring (bicyclic) bond motifs is 1. The molecule has 0 saturated carbocycles. The van der Waals surface area contributed by atoms with Gasteiger partial charge in [-0.3, -0.25) is 14.9 Å². The maximum absolute atomic E-state index is 13.5. The third-order valence-corrected chi connectivity index (χ3v) is 6.05. The molecule has 7 nitrogen and oxygen atoms in total. The van der Waals surface area contributed by atoms with Gasteiger partial charge in [-0.25, -0.2) is 4.79 Å². The number of hydrogen-bond acceptors (Lipinski definition) is 6. The second-order valence-electron chi connectivity index (χ2n) is 8.42. The number of carbonyl (C=O) groups excluding carboxylic acids is 3. The van der Waals surface area contributed by atoms with Gasteiger partial charge < -0.3 is 14.4 Å². The smallest absolute Gasteiger partial charge is 0.329 e.